The highest BCUT2D eigenvalue weighted by Crippen LogP contribution is 2.17. The Hall–Kier alpha value is -1.56. The molecule has 0 bridgehead atoms. The van der Waals surface area contributed by atoms with Gasteiger partial charge in [-0.3, -0.25) is 0 Å². The van der Waals surface area contributed by atoms with E-state index in [9.17, 15) is 0 Å². The highest BCUT2D eigenvalue weighted by atomic mass is 14.0. The minimum atomic E-state index is -0.420. The monoisotopic (exact) mass is 160 g/mol. The summed E-state index contributed by atoms with van der Waals surface area (Å²) in [6.07, 6.45) is 0. The van der Waals surface area contributed by atoms with Crippen LogP contribution in [0.5, 0.6) is 0 Å². The summed E-state index contributed by atoms with van der Waals surface area (Å²) in [5, 5.41) is 0. The Labute approximate surface area is 80.9 Å². The molecular formula is C12H10. The Morgan fingerprint density at radius 3 is 2.33 bits per heavy atom. The van der Waals surface area contributed by atoms with Crippen molar-refractivity contribution in [1.82, 2.24) is 0 Å². The number of rotatable bonds is 1. The summed E-state index contributed by atoms with van der Waals surface area (Å²) in [5.74, 6) is 0. The van der Waals surface area contributed by atoms with Crippen LogP contribution in [0.1, 0.15) is 8.22 Å². The van der Waals surface area contributed by atoms with E-state index in [1.165, 1.54) is 6.07 Å². The van der Waals surface area contributed by atoms with Crippen LogP contribution in [-0.2, 0) is 0 Å². The van der Waals surface area contributed by atoms with Crippen molar-refractivity contribution in [1.29, 1.82) is 0 Å². The molecule has 0 unspecified atom stereocenters. The lowest BCUT2D eigenvalue weighted by Gasteiger charge is -1.98. The SMILES string of the molecule is [2H]c1ccccc1-c1c([2H])c([2H])c([2H])c([2H])c1[2H]. The Balaban J connectivity index is 2.85. The zero-order valence-electron chi connectivity index (χ0n) is 12.3. The van der Waals surface area contributed by atoms with Crippen LogP contribution in [0.15, 0.2) is 60.5 Å². The minimum Gasteiger partial charge on any atom is -0.0622 e. The summed E-state index contributed by atoms with van der Waals surface area (Å²) in [6.45, 7) is 0. The maximum Gasteiger partial charge on any atom is 0.0629 e. The molecule has 12 heavy (non-hydrogen) atoms. The highest BCUT2D eigenvalue weighted by Gasteiger charge is 1.91. The molecule has 0 N–H and O–H groups in total. The number of hydrogen-bond acceptors (Lipinski definition) is 0. The first-order chi connectivity index (χ1) is 8.45. The molecule has 2 aromatic rings. The van der Waals surface area contributed by atoms with E-state index in [4.69, 9.17) is 8.22 Å². The van der Waals surface area contributed by atoms with Crippen LogP contribution in [0.4, 0.5) is 0 Å². The summed E-state index contributed by atoms with van der Waals surface area (Å²) < 4.78 is 46.1. The van der Waals surface area contributed by atoms with Crippen molar-refractivity contribution in [3.8, 4) is 11.1 Å². The van der Waals surface area contributed by atoms with E-state index < -0.39 is 6.04 Å². The van der Waals surface area contributed by atoms with Gasteiger partial charge in [0.05, 0.1) is 8.22 Å². The molecular weight excluding hydrogens is 144 g/mol. The molecule has 0 fully saturated rings. The second kappa shape index (κ2) is 3.22. The van der Waals surface area contributed by atoms with E-state index in [2.05, 4.69) is 0 Å². The predicted octanol–water partition coefficient (Wildman–Crippen LogP) is 3.35. The fraction of sp³-hybridized carbons (Fsp3) is 0. The molecule has 2 rings (SSSR count). The molecule has 0 saturated carbocycles. The fourth-order valence-corrected chi connectivity index (χ4v) is 0.934. The van der Waals surface area contributed by atoms with Gasteiger partial charge in [0.2, 0.25) is 0 Å². The quantitative estimate of drug-likeness (QED) is 0.600. The van der Waals surface area contributed by atoms with Crippen LogP contribution >= 0.6 is 0 Å². The summed E-state index contributed by atoms with van der Waals surface area (Å²) in [5.41, 5.74) is 0.418. The van der Waals surface area contributed by atoms with E-state index in [0.29, 0.717) is 5.56 Å². The topological polar surface area (TPSA) is 0 Å². The van der Waals surface area contributed by atoms with Gasteiger partial charge in [0.25, 0.3) is 0 Å². The lowest BCUT2D eigenvalue weighted by atomic mass is 10.1. The second-order valence-electron chi connectivity index (χ2n) is 2.28. The summed E-state index contributed by atoms with van der Waals surface area (Å²) >= 11 is 0. The Kier molecular flexibility index (Phi) is 0.822. The highest BCUT2D eigenvalue weighted by molar-refractivity contribution is 5.62. The molecule has 0 heteroatoms. The summed E-state index contributed by atoms with van der Waals surface area (Å²) in [6, 6.07) is 4.85. The molecule has 0 spiro atoms. The Morgan fingerprint density at radius 2 is 1.58 bits per heavy atom. The molecule has 2 aromatic carbocycles. The Bertz CT molecular complexity index is 591. The van der Waals surface area contributed by atoms with Crippen molar-refractivity contribution in [2.24, 2.45) is 0 Å². The lowest BCUT2D eigenvalue weighted by Crippen LogP contribution is -1.73. The number of benzene rings is 2. The van der Waals surface area contributed by atoms with Crippen molar-refractivity contribution in [3.63, 3.8) is 0 Å². The third kappa shape index (κ3) is 1.37. The maximum atomic E-state index is 7.81. The van der Waals surface area contributed by atoms with Crippen molar-refractivity contribution < 1.29 is 8.22 Å². The molecule has 0 atom stereocenters. The third-order valence-corrected chi connectivity index (χ3v) is 1.48. The van der Waals surface area contributed by atoms with Gasteiger partial charge < -0.3 is 0 Å². The van der Waals surface area contributed by atoms with Crippen molar-refractivity contribution >= 4 is 0 Å². The van der Waals surface area contributed by atoms with Crippen LogP contribution in [0, 0.1) is 0 Å². The summed E-state index contributed by atoms with van der Waals surface area (Å²) in [7, 11) is 0. The van der Waals surface area contributed by atoms with Crippen LogP contribution in [0.2, 0.25) is 0 Å². The molecule has 0 saturated heterocycles. The second-order valence-corrected chi connectivity index (χ2v) is 2.28. The van der Waals surface area contributed by atoms with Crippen molar-refractivity contribution in [2.45, 2.75) is 0 Å². The first-order valence-corrected chi connectivity index (χ1v) is 3.58. The molecule has 0 heterocycles. The van der Waals surface area contributed by atoms with Gasteiger partial charge in [-0.15, -0.1) is 0 Å². The van der Waals surface area contributed by atoms with Gasteiger partial charge in [-0.05, 0) is 11.1 Å². The van der Waals surface area contributed by atoms with Gasteiger partial charge in [-0.1, -0.05) is 60.5 Å². The lowest BCUT2D eigenvalue weighted by molar-refractivity contribution is 1.62. The average molecular weight is 160 g/mol. The molecule has 58 valence electrons. The van der Waals surface area contributed by atoms with Crippen LogP contribution < -0.4 is 0 Å². The first kappa shape index (κ1) is 3.06. The van der Waals surface area contributed by atoms with E-state index in [1.54, 1.807) is 18.2 Å². The van der Waals surface area contributed by atoms with E-state index in [1.807, 2.05) is 0 Å². The van der Waals surface area contributed by atoms with Crippen molar-refractivity contribution in [3.05, 3.63) is 60.5 Å². The molecule has 0 aliphatic rings. The van der Waals surface area contributed by atoms with E-state index in [0.717, 1.165) is 0 Å². The third-order valence-electron chi connectivity index (χ3n) is 1.48. The molecule has 0 radical (unpaired) electrons. The van der Waals surface area contributed by atoms with Crippen molar-refractivity contribution in [2.75, 3.05) is 0 Å². The maximum absolute atomic E-state index is 7.81. The van der Waals surface area contributed by atoms with Crippen LogP contribution in [0.25, 0.3) is 11.1 Å². The van der Waals surface area contributed by atoms with Gasteiger partial charge >= 0.3 is 0 Å². The van der Waals surface area contributed by atoms with Gasteiger partial charge in [-0.25, -0.2) is 0 Å². The normalized spacial score (nSPS) is 16.7. The summed E-state index contributed by atoms with van der Waals surface area (Å²) in [4.78, 5) is 0. The smallest absolute Gasteiger partial charge is 0.0622 e. The largest absolute Gasteiger partial charge is 0.0629 e. The fourth-order valence-electron chi connectivity index (χ4n) is 0.934. The van der Waals surface area contributed by atoms with E-state index >= 15 is 0 Å². The Morgan fingerprint density at radius 1 is 0.750 bits per heavy atom. The van der Waals surface area contributed by atoms with Gasteiger partial charge in [0, 0.05) is 0 Å². The van der Waals surface area contributed by atoms with Gasteiger partial charge in [0.1, 0.15) is 0 Å². The van der Waals surface area contributed by atoms with Crippen LogP contribution in [0.3, 0.4) is 0 Å². The van der Waals surface area contributed by atoms with E-state index in [-0.39, 0.29) is 35.8 Å². The first-order valence-electron chi connectivity index (χ1n) is 6.58. The van der Waals surface area contributed by atoms with Gasteiger partial charge in [-0.2, -0.15) is 0 Å². The number of hydrogen-bond donors (Lipinski definition) is 0. The molecule has 0 amide bonds. The zero-order valence-corrected chi connectivity index (χ0v) is 6.31. The van der Waals surface area contributed by atoms with Gasteiger partial charge in [0.15, 0.2) is 0 Å². The minimum absolute atomic E-state index is 0.0756. The standard InChI is InChI=1S/C12H10/c1-3-7-11(8-4-1)12-9-5-2-6-10-12/h1-10H/i1D,3D,4D,7D,8D,9D. The predicted molar refractivity (Wildman–Crippen MR) is 51.9 cm³/mol. The zero-order chi connectivity index (χ0) is 13.4. The average Bonchev–Trinajstić information content (AvgIpc) is 2.36. The molecule has 0 nitrogen and oxygen atoms in total. The molecule has 0 aliphatic heterocycles. The molecule has 0 aromatic heterocycles. The van der Waals surface area contributed by atoms with Crippen LogP contribution in [-0.4, -0.2) is 0 Å². The molecule has 0 aliphatic carbocycles.